The van der Waals surface area contributed by atoms with E-state index in [1.807, 2.05) is 36.1 Å². The predicted molar refractivity (Wildman–Crippen MR) is 127 cm³/mol. The van der Waals surface area contributed by atoms with E-state index in [4.69, 9.17) is 32.2 Å². The Balaban J connectivity index is 1.63. The standard InChI is InChI=1S/C23H26ClN7O/c1-31-19(13-15-4-3-5-17(24)12-15)21-18(30-31)7-6-16-14-27-23(29-22(16)21)28-20(25)8-9-26-10-11-32-2/h3-5,9,12,14H,6-8,10-11,13H2,1-2H3,(H2,25,27,28,29). The molecule has 2 heterocycles. The van der Waals surface area contributed by atoms with Gasteiger partial charge in [0.2, 0.25) is 0 Å². The predicted octanol–water partition coefficient (Wildman–Crippen LogP) is 3.32. The molecule has 32 heavy (non-hydrogen) atoms. The van der Waals surface area contributed by atoms with Crippen LogP contribution in [0.3, 0.4) is 0 Å². The fourth-order valence-electron chi connectivity index (χ4n) is 3.78. The Kier molecular flexibility index (Phi) is 6.92. The van der Waals surface area contributed by atoms with Crippen LogP contribution in [0.15, 0.2) is 40.4 Å². The molecule has 0 radical (unpaired) electrons. The minimum absolute atomic E-state index is 0.344. The highest BCUT2D eigenvalue weighted by atomic mass is 35.5. The Morgan fingerprint density at radius 1 is 1.34 bits per heavy atom. The lowest BCUT2D eigenvalue weighted by molar-refractivity contribution is 0.208. The molecule has 0 saturated heterocycles. The summed E-state index contributed by atoms with van der Waals surface area (Å²) < 4.78 is 6.91. The number of ether oxygens (including phenoxy) is 1. The van der Waals surface area contributed by atoms with Crippen molar-refractivity contribution in [2.75, 3.05) is 20.3 Å². The summed E-state index contributed by atoms with van der Waals surface area (Å²) in [5.74, 6) is 0.754. The zero-order chi connectivity index (χ0) is 22.5. The number of aromatic nitrogens is 4. The van der Waals surface area contributed by atoms with Gasteiger partial charge < -0.3 is 10.5 Å². The molecular weight excluding hydrogens is 426 g/mol. The SMILES string of the molecule is COCCN=CCC(N)=Nc1ncc2c(n1)-c1c(nn(C)c1Cc1cccc(Cl)c1)CC2. The molecule has 0 saturated carbocycles. The van der Waals surface area contributed by atoms with Crippen molar-refractivity contribution in [2.24, 2.45) is 22.8 Å². The Hall–Kier alpha value is -3.10. The van der Waals surface area contributed by atoms with Gasteiger partial charge in [-0.15, -0.1) is 0 Å². The van der Waals surface area contributed by atoms with Gasteiger partial charge in [-0.2, -0.15) is 10.1 Å². The first-order valence-electron chi connectivity index (χ1n) is 10.5. The van der Waals surface area contributed by atoms with Gasteiger partial charge in [0.15, 0.2) is 0 Å². The molecular formula is C23H26ClN7O. The summed E-state index contributed by atoms with van der Waals surface area (Å²) >= 11 is 6.19. The molecule has 166 valence electrons. The molecule has 0 amide bonds. The van der Waals surface area contributed by atoms with Crippen molar-refractivity contribution >= 4 is 29.6 Å². The number of fused-ring (bicyclic) bond motifs is 3. The van der Waals surface area contributed by atoms with Crippen LogP contribution in [0.25, 0.3) is 11.3 Å². The number of rotatable bonds is 8. The zero-order valence-corrected chi connectivity index (χ0v) is 19.0. The van der Waals surface area contributed by atoms with Gasteiger partial charge >= 0.3 is 0 Å². The highest BCUT2D eigenvalue weighted by Crippen LogP contribution is 2.36. The molecule has 1 aromatic carbocycles. The molecule has 0 unspecified atom stereocenters. The molecule has 0 spiro atoms. The molecule has 4 rings (SSSR count). The van der Waals surface area contributed by atoms with Gasteiger partial charge in [-0.1, -0.05) is 23.7 Å². The number of aliphatic imine (C=N–C) groups is 2. The number of halogens is 1. The van der Waals surface area contributed by atoms with Crippen LogP contribution in [-0.2, 0) is 31.0 Å². The number of benzene rings is 1. The van der Waals surface area contributed by atoms with Gasteiger partial charge in [0, 0.05) is 50.0 Å². The van der Waals surface area contributed by atoms with Crippen LogP contribution in [0.1, 0.15) is 28.9 Å². The fourth-order valence-corrected chi connectivity index (χ4v) is 4.00. The van der Waals surface area contributed by atoms with E-state index in [-0.39, 0.29) is 0 Å². The van der Waals surface area contributed by atoms with Crippen molar-refractivity contribution in [3.63, 3.8) is 0 Å². The van der Waals surface area contributed by atoms with Gasteiger partial charge in [0.05, 0.1) is 30.2 Å². The molecule has 0 bridgehead atoms. The highest BCUT2D eigenvalue weighted by molar-refractivity contribution is 6.30. The average Bonchev–Trinajstić information content (AvgIpc) is 3.09. The van der Waals surface area contributed by atoms with Gasteiger partial charge in [-0.3, -0.25) is 9.67 Å². The van der Waals surface area contributed by atoms with Crippen molar-refractivity contribution < 1.29 is 4.74 Å². The topological polar surface area (TPSA) is 104 Å². The number of nitrogens with zero attached hydrogens (tertiary/aromatic N) is 6. The number of hydrogen-bond donors (Lipinski definition) is 1. The van der Waals surface area contributed by atoms with Crippen LogP contribution in [0.5, 0.6) is 0 Å². The van der Waals surface area contributed by atoms with Crippen LogP contribution in [0, 0.1) is 0 Å². The van der Waals surface area contributed by atoms with Crippen LogP contribution < -0.4 is 5.73 Å². The summed E-state index contributed by atoms with van der Waals surface area (Å²) in [6, 6.07) is 7.89. The first-order valence-corrected chi connectivity index (χ1v) is 10.9. The van der Waals surface area contributed by atoms with E-state index in [1.165, 1.54) is 0 Å². The normalized spacial score (nSPS) is 13.4. The molecule has 2 N–H and O–H groups in total. The number of hydrogen-bond acceptors (Lipinski definition) is 6. The second-order valence-electron chi connectivity index (χ2n) is 7.63. The number of methoxy groups -OCH3 is 1. The van der Waals surface area contributed by atoms with Crippen LogP contribution in [0.4, 0.5) is 5.95 Å². The molecule has 3 aromatic rings. The summed E-state index contributed by atoms with van der Waals surface area (Å²) in [7, 11) is 3.62. The smallest absolute Gasteiger partial charge is 0.251 e. The monoisotopic (exact) mass is 451 g/mol. The summed E-state index contributed by atoms with van der Waals surface area (Å²) in [6.07, 6.45) is 6.43. The molecule has 1 aliphatic carbocycles. The molecule has 1 aliphatic rings. The van der Waals surface area contributed by atoms with E-state index in [0.717, 1.165) is 51.6 Å². The van der Waals surface area contributed by atoms with Crippen LogP contribution in [0.2, 0.25) is 5.02 Å². The van der Waals surface area contributed by atoms with E-state index in [0.29, 0.717) is 37.8 Å². The quantitative estimate of drug-likeness (QED) is 0.321. The van der Waals surface area contributed by atoms with Crippen molar-refractivity contribution in [1.82, 2.24) is 19.7 Å². The Labute approximate surface area is 192 Å². The number of nitrogens with two attached hydrogens (primary N) is 1. The second kappa shape index (κ2) is 10.0. The molecule has 0 atom stereocenters. The van der Waals surface area contributed by atoms with E-state index >= 15 is 0 Å². The Morgan fingerprint density at radius 2 is 2.22 bits per heavy atom. The lowest BCUT2D eigenvalue weighted by atomic mass is 9.91. The third kappa shape index (κ3) is 5.03. The van der Waals surface area contributed by atoms with Gasteiger partial charge in [0.1, 0.15) is 5.84 Å². The first-order chi connectivity index (χ1) is 15.5. The maximum atomic E-state index is 6.19. The molecule has 2 aromatic heterocycles. The van der Waals surface area contributed by atoms with Crippen molar-refractivity contribution in [1.29, 1.82) is 0 Å². The van der Waals surface area contributed by atoms with Crippen LogP contribution in [-0.4, -0.2) is 52.1 Å². The summed E-state index contributed by atoms with van der Waals surface area (Å²) in [4.78, 5) is 17.8. The first kappa shape index (κ1) is 22.1. The maximum Gasteiger partial charge on any atom is 0.251 e. The minimum atomic E-state index is 0.344. The lowest BCUT2D eigenvalue weighted by Gasteiger charge is -2.16. The fraction of sp³-hybridized carbons (Fsp3) is 0.348. The zero-order valence-electron chi connectivity index (χ0n) is 18.3. The molecule has 8 nitrogen and oxygen atoms in total. The lowest BCUT2D eigenvalue weighted by Crippen LogP contribution is -2.13. The Bertz CT molecular complexity index is 1170. The maximum absolute atomic E-state index is 6.19. The van der Waals surface area contributed by atoms with Gasteiger partial charge in [0.25, 0.3) is 5.95 Å². The summed E-state index contributed by atoms with van der Waals surface area (Å²) in [6.45, 7) is 1.17. The summed E-state index contributed by atoms with van der Waals surface area (Å²) in [5.41, 5.74) is 12.4. The van der Waals surface area contributed by atoms with E-state index in [1.54, 1.807) is 13.3 Å². The summed E-state index contributed by atoms with van der Waals surface area (Å²) in [5, 5.41) is 5.48. The van der Waals surface area contributed by atoms with E-state index in [2.05, 4.69) is 21.0 Å². The van der Waals surface area contributed by atoms with Crippen molar-refractivity contribution in [3.05, 3.63) is 58.0 Å². The van der Waals surface area contributed by atoms with E-state index in [9.17, 15) is 0 Å². The van der Waals surface area contributed by atoms with E-state index < -0.39 is 0 Å². The molecule has 0 aliphatic heterocycles. The van der Waals surface area contributed by atoms with Gasteiger partial charge in [-0.05, 0) is 36.1 Å². The Morgan fingerprint density at radius 3 is 3.03 bits per heavy atom. The second-order valence-corrected chi connectivity index (χ2v) is 8.07. The van der Waals surface area contributed by atoms with Crippen molar-refractivity contribution in [2.45, 2.75) is 25.7 Å². The van der Waals surface area contributed by atoms with Gasteiger partial charge in [-0.25, -0.2) is 9.97 Å². The number of aryl methyl sites for hydroxylation is 3. The number of amidine groups is 1. The minimum Gasteiger partial charge on any atom is -0.387 e. The molecule has 9 heteroatoms. The highest BCUT2D eigenvalue weighted by Gasteiger charge is 2.26. The van der Waals surface area contributed by atoms with Crippen molar-refractivity contribution in [3.8, 4) is 11.3 Å². The third-order valence-corrected chi connectivity index (χ3v) is 5.55. The third-order valence-electron chi connectivity index (χ3n) is 5.32. The largest absolute Gasteiger partial charge is 0.387 e. The van der Waals surface area contributed by atoms with Crippen LogP contribution >= 0.6 is 11.6 Å². The molecule has 0 fully saturated rings. The average molecular weight is 452 g/mol.